The molecule has 102 valence electrons. The van der Waals surface area contributed by atoms with E-state index in [4.69, 9.17) is 5.73 Å². The van der Waals surface area contributed by atoms with E-state index in [2.05, 4.69) is 19.2 Å². The molecule has 4 heteroatoms. The first-order valence-corrected chi connectivity index (χ1v) is 6.72. The third kappa shape index (κ3) is 6.64. The number of nitrogens with one attached hydrogen (secondary N) is 1. The van der Waals surface area contributed by atoms with Crippen molar-refractivity contribution in [2.75, 3.05) is 13.1 Å². The second-order valence-electron chi connectivity index (χ2n) is 4.72. The van der Waals surface area contributed by atoms with Crippen LogP contribution >= 0.6 is 0 Å². The quantitative estimate of drug-likeness (QED) is 0.572. The SMILES string of the molecule is CCC(CC)C(O)CNC(=O)C(C)CCCN. The summed E-state index contributed by atoms with van der Waals surface area (Å²) in [6.07, 6.45) is 3.12. The van der Waals surface area contributed by atoms with E-state index in [1.54, 1.807) is 0 Å². The van der Waals surface area contributed by atoms with E-state index in [1.807, 2.05) is 6.92 Å². The molecule has 4 nitrogen and oxygen atoms in total. The van der Waals surface area contributed by atoms with Gasteiger partial charge in [0.25, 0.3) is 0 Å². The molecule has 1 amide bonds. The molecule has 4 N–H and O–H groups in total. The Morgan fingerprint density at radius 1 is 1.35 bits per heavy atom. The van der Waals surface area contributed by atoms with Gasteiger partial charge in [0.05, 0.1) is 6.10 Å². The number of carbonyl (C=O) groups is 1. The van der Waals surface area contributed by atoms with Crippen LogP contribution in [-0.4, -0.2) is 30.2 Å². The van der Waals surface area contributed by atoms with Crippen molar-refractivity contribution in [1.82, 2.24) is 5.32 Å². The lowest BCUT2D eigenvalue weighted by Gasteiger charge is -2.21. The average molecular weight is 244 g/mol. The van der Waals surface area contributed by atoms with Crippen LogP contribution in [0.2, 0.25) is 0 Å². The zero-order valence-corrected chi connectivity index (χ0v) is 11.4. The van der Waals surface area contributed by atoms with Crippen LogP contribution in [0.5, 0.6) is 0 Å². The van der Waals surface area contributed by atoms with E-state index in [0.29, 0.717) is 13.1 Å². The van der Waals surface area contributed by atoms with Crippen molar-refractivity contribution in [3.05, 3.63) is 0 Å². The molecule has 0 aliphatic heterocycles. The van der Waals surface area contributed by atoms with E-state index < -0.39 is 6.10 Å². The van der Waals surface area contributed by atoms with Crippen molar-refractivity contribution in [2.45, 2.75) is 52.6 Å². The molecule has 0 radical (unpaired) electrons. The van der Waals surface area contributed by atoms with Crippen molar-refractivity contribution in [1.29, 1.82) is 0 Å². The lowest BCUT2D eigenvalue weighted by molar-refractivity contribution is -0.125. The Bertz CT molecular complexity index is 206. The van der Waals surface area contributed by atoms with Gasteiger partial charge in [-0.05, 0) is 25.3 Å². The summed E-state index contributed by atoms with van der Waals surface area (Å²) in [5.41, 5.74) is 5.40. The Hall–Kier alpha value is -0.610. The fraction of sp³-hybridized carbons (Fsp3) is 0.923. The topological polar surface area (TPSA) is 75.3 Å². The van der Waals surface area contributed by atoms with Crippen LogP contribution in [0.3, 0.4) is 0 Å². The smallest absolute Gasteiger partial charge is 0.222 e. The monoisotopic (exact) mass is 244 g/mol. The summed E-state index contributed by atoms with van der Waals surface area (Å²) in [4.78, 5) is 11.7. The Morgan fingerprint density at radius 3 is 2.41 bits per heavy atom. The highest BCUT2D eigenvalue weighted by Crippen LogP contribution is 2.12. The zero-order valence-electron chi connectivity index (χ0n) is 11.4. The normalized spacial score (nSPS) is 14.7. The summed E-state index contributed by atoms with van der Waals surface area (Å²) < 4.78 is 0. The summed E-state index contributed by atoms with van der Waals surface area (Å²) in [7, 11) is 0. The number of nitrogens with two attached hydrogens (primary N) is 1. The number of hydrogen-bond donors (Lipinski definition) is 3. The summed E-state index contributed by atoms with van der Waals surface area (Å²) >= 11 is 0. The van der Waals surface area contributed by atoms with Crippen LogP contribution in [0.1, 0.15) is 46.5 Å². The molecule has 17 heavy (non-hydrogen) atoms. The van der Waals surface area contributed by atoms with Gasteiger partial charge in [-0.15, -0.1) is 0 Å². The molecule has 0 fully saturated rings. The van der Waals surface area contributed by atoms with Crippen molar-refractivity contribution in [3.63, 3.8) is 0 Å². The highest BCUT2D eigenvalue weighted by atomic mass is 16.3. The van der Waals surface area contributed by atoms with Gasteiger partial charge in [0.2, 0.25) is 5.91 Å². The maximum atomic E-state index is 11.7. The second kappa shape index (κ2) is 9.42. The molecule has 0 aliphatic rings. The molecule has 2 unspecified atom stereocenters. The zero-order chi connectivity index (χ0) is 13.3. The lowest BCUT2D eigenvalue weighted by atomic mass is 9.96. The van der Waals surface area contributed by atoms with Crippen LogP contribution in [0.4, 0.5) is 0 Å². The molecule has 2 atom stereocenters. The Morgan fingerprint density at radius 2 is 1.94 bits per heavy atom. The van der Waals surface area contributed by atoms with Crippen molar-refractivity contribution >= 4 is 5.91 Å². The van der Waals surface area contributed by atoms with Gasteiger partial charge in [0, 0.05) is 12.5 Å². The summed E-state index contributed by atoms with van der Waals surface area (Å²) in [5, 5.41) is 12.7. The molecule has 0 aromatic heterocycles. The van der Waals surface area contributed by atoms with Gasteiger partial charge >= 0.3 is 0 Å². The van der Waals surface area contributed by atoms with E-state index in [-0.39, 0.29) is 17.7 Å². The lowest BCUT2D eigenvalue weighted by Crippen LogP contribution is -2.38. The summed E-state index contributed by atoms with van der Waals surface area (Å²) in [6, 6.07) is 0. The van der Waals surface area contributed by atoms with Crippen LogP contribution in [0, 0.1) is 11.8 Å². The van der Waals surface area contributed by atoms with Gasteiger partial charge < -0.3 is 16.2 Å². The van der Waals surface area contributed by atoms with Crippen LogP contribution in [0.15, 0.2) is 0 Å². The Kier molecular flexibility index (Phi) is 9.09. The first-order chi connectivity index (χ1) is 8.06. The van der Waals surface area contributed by atoms with E-state index >= 15 is 0 Å². The maximum absolute atomic E-state index is 11.7. The Labute approximate surface area is 105 Å². The summed E-state index contributed by atoms with van der Waals surface area (Å²) in [5.74, 6) is 0.269. The molecule has 0 heterocycles. The van der Waals surface area contributed by atoms with Gasteiger partial charge in [0.1, 0.15) is 0 Å². The van der Waals surface area contributed by atoms with Gasteiger partial charge in [-0.25, -0.2) is 0 Å². The van der Waals surface area contributed by atoms with Crippen LogP contribution < -0.4 is 11.1 Å². The minimum atomic E-state index is -0.435. The Balaban J connectivity index is 3.89. The van der Waals surface area contributed by atoms with E-state index in [1.165, 1.54) is 0 Å². The number of hydrogen-bond acceptors (Lipinski definition) is 3. The molecule has 0 aromatic rings. The first-order valence-electron chi connectivity index (χ1n) is 6.72. The number of aliphatic hydroxyl groups excluding tert-OH is 1. The average Bonchev–Trinajstić information content (AvgIpc) is 2.34. The van der Waals surface area contributed by atoms with Gasteiger partial charge in [-0.2, -0.15) is 0 Å². The third-order valence-electron chi connectivity index (χ3n) is 3.37. The number of aliphatic hydroxyl groups is 1. The molecule has 0 aliphatic carbocycles. The molecule has 0 saturated heterocycles. The van der Waals surface area contributed by atoms with Crippen molar-refractivity contribution < 1.29 is 9.90 Å². The number of rotatable bonds is 9. The highest BCUT2D eigenvalue weighted by Gasteiger charge is 2.18. The predicted molar refractivity (Wildman–Crippen MR) is 70.5 cm³/mol. The molecular weight excluding hydrogens is 216 g/mol. The van der Waals surface area contributed by atoms with Gasteiger partial charge in [-0.1, -0.05) is 33.6 Å². The van der Waals surface area contributed by atoms with Gasteiger partial charge in [-0.3, -0.25) is 4.79 Å². The fourth-order valence-electron chi connectivity index (χ4n) is 1.93. The minimum absolute atomic E-state index is 0.0171. The molecular formula is C13H28N2O2. The largest absolute Gasteiger partial charge is 0.391 e. The highest BCUT2D eigenvalue weighted by molar-refractivity contribution is 5.78. The first kappa shape index (κ1) is 16.4. The van der Waals surface area contributed by atoms with Crippen molar-refractivity contribution in [3.8, 4) is 0 Å². The van der Waals surface area contributed by atoms with Gasteiger partial charge in [0.15, 0.2) is 0 Å². The molecule has 0 bridgehead atoms. The minimum Gasteiger partial charge on any atom is -0.391 e. The third-order valence-corrected chi connectivity index (χ3v) is 3.37. The van der Waals surface area contributed by atoms with E-state index in [9.17, 15) is 9.90 Å². The van der Waals surface area contributed by atoms with Crippen LogP contribution in [0.25, 0.3) is 0 Å². The maximum Gasteiger partial charge on any atom is 0.222 e. The number of carbonyl (C=O) groups excluding carboxylic acids is 1. The molecule has 0 saturated carbocycles. The predicted octanol–water partition coefficient (Wildman–Crippen LogP) is 1.27. The van der Waals surface area contributed by atoms with Crippen LogP contribution in [-0.2, 0) is 4.79 Å². The standard InChI is InChI=1S/C13H28N2O2/c1-4-11(5-2)12(16)9-15-13(17)10(3)7-6-8-14/h10-12,16H,4-9,14H2,1-3H3,(H,15,17). The number of amides is 1. The molecule has 0 aromatic carbocycles. The second-order valence-corrected chi connectivity index (χ2v) is 4.72. The molecule has 0 spiro atoms. The molecule has 0 rings (SSSR count). The van der Waals surface area contributed by atoms with Crippen molar-refractivity contribution in [2.24, 2.45) is 17.6 Å². The fourth-order valence-corrected chi connectivity index (χ4v) is 1.93. The summed E-state index contributed by atoms with van der Waals surface area (Å²) in [6.45, 7) is 6.99. The van der Waals surface area contributed by atoms with E-state index in [0.717, 1.165) is 25.7 Å².